The van der Waals surface area contributed by atoms with Gasteiger partial charge in [0.1, 0.15) is 0 Å². The lowest BCUT2D eigenvalue weighted by molar-refractivity contribution is -0.129. The van der Waals surface area contributed by atoms with Crippen LogP contribution in [-0.4, -0.2) is 25.6 Å². The van der Waals surface area contributed by atoms with Crippen molar-refractivity contribution in [1.82, 2.24) is 0 Å². The normalized spacial score (nSPS) is 15.2. The number of esters is 1. The lowest BCUT2D eigenvalue weighted by atomic mass is 10.1. The fraction of sp³-hybridized carbons (Fsp3) is 0.158. The lowest BCUT2D eigenvalue weighted by Crippen LogP contribution is -2.05. The van der Waals surface area contributed by atoms with Crippen molar-refractivity contribution in [1.29, 1.82) is 0 Å². The molecule has 2 aromatic carbocycles. The number of carbonyl (C=O) groups is 1. The Labute approximate surface area is 140 Å². The predicted molar refractivity (Wildman–Crippen MR) is 91.2 cm³/mol. The van der Waals surface area contributed by atoms with Gasteiger partial charge >= 0.3 is 5.97 Å². The number of methoxy groups -OCH3 is 1. The molecule has 0 saturated heterocycles. The first-order valence-corrected chi connectivity index (χ1v) is 7.60. The highest BCUT2D eigenvalue weighted by Crippen LogP contribution is 2.33. The first-order chi connectivity index (χ1) is 11.7. The van der Waals surface area contributed by atoms with Crippen molar-refractivity contribution in [3.05, 3.63) is 65.4 Å². The molecular weight excluding hydrogens is 306 g/mol. The van der Waals surface area contributed by atoms with Gasteiger partial charge in [0, 0.05) is 11.1 Å². The van der Waals surface area contributed by atoms with E-state index in [0.29, 0.717) is 29.6 Å². The zero-order valence-electron chi connectivity index (χ0n) is 13.5. The molecule has 122 valence electrons. The minimum absolute atomic E-state index is 0.223. The van der Waals surface area contributed by atoms with Crippen molar-refractivity contribution >= 4 is 17.9 Å². The van der Waals surface area contributed by atoms with E-state index in [4.69, 9.17) is 14.2 Å². The molecule has 0 radical (unpaired) electrons. The Hall–Kier alpha value is -3.08. The fourth-order valence-electron chi connectivity index (χ4n) is 2.39. The van der Waals surface area contributed by atoms with Gasteiger partial charge in [0.15, 0.2) is 17.2 Å². The highest BCUT2D eigenvalue weighted by molar-refractivity contribution is 6.12. The van der Waals surface area contributed by atoms with Crippen molar-refractivity contribution < 1.29 is 19.0 Å². The van der Waals surface area contributed by atoms with Gasteiger partial charge in [0.05, 0.1) is 13.7 Å². The fourth-order valence-corrected chi connectivity index (χ4v) is 2.39. The maximum atomic E-state index is 12.1. The summed E-state index contributed by atoms with van der Waals surface area (Å²) in [5.74, 6) is 0.987. The van der Waals surface area contributed by atoms with Gasteiger partial charge in [0.2, 0.25) is 5.90 Å². The van der Waals surface area contributed by atoms with Gasteiger partial charge in [-0.3, -0.25) is 0 Å². The largest absolute Gasteiger partial charge is 0.492 e. The number of benzene rings is 2. The molecule has 0 unspecified atom stereocenters. The van der Waals surface area contributed by atoms with Gasteiger partial charge in [-0.05, 0) is 31.2 Å². The van der Waals surface area contributed by atoms with E-state index in [2.05, 4.69) is 4.99 Å². The van der Waals surface area contributed by atoms with E-state index in [0.717, 1.165) is 5.56 Å². The van der Waals surface area contributed by atoms with E-state index in [9.17, 15) is 4.79 Å². The summed E-state index contributed by atoms with van der Waals surface area (Å²) in [6, 6.07) is 14.8. The smallest absolute Gasteiger partial charge is 0.363 e. The standard InChI is InChI=1S/C19H17NO4/c1-3-23-16-11-7-10-14(17(16)22-2)12-15-19(21)24-18(20-15)13-8-5-4-6-9-13/h4-12H,3H2,1-2H3. The summed E-state index contributed by atoms with van der Waals surface area (Å²) in [5.41, 5.74) is 1.68. The van der Waals surface area contributed by atoms with Crippen LogP contribution in [0.4, 0.5) is 0 Å². The van der Waals surface area contributed by atoms with Gasteiger partial charge in [0.25, 0.3) is 0 Å². The lowest BCUT2D eigenvalue weighted by Gasteiger charge is -2.11. The summed E-state index contributed by atoms with van der Waals surface area (Å²) in [5, 5.41) is 0. The second-order valence-electron chi connectivity index (χ2n) is 5.01. The molecule has 0 aromatic heterocycles. The molecule has 0 saturated carbocycles. The van der Waals surface area contributed by atoms with Crippen LogP contribution in [0.3, 0.4) is 0 Å². The zero-order chi connectivity index (χ0) is 16.9. The van der Waals surface area contributed by atoms with Crippen LogP contribution < -0.4 is 9.47 Å². The number of hydrogen-bond donors (Lipinski definition) is 0. The average molecular weight is 323 g/mol. The van der Waals surface area contributed by atoms with Crippen molar-refractivity contribution in [2.75, 3.05) is 13.7 Å². The summed E-state index contributed by atoms with van der Waals surface area (Å²) >= 11 is 0. The summed E-state index contributed by atoms with van der Waals surface area (Å²) in [6.45, 7) is 2.42. The third kappa shape index (κ3) is 3.15. The Morgan fingerprint density at radius 1 is 1.12 bits per heavy atom. The molecular formula is C19H17NO4. The Morgan fingerprint density at radius 3 is 2.62 bits per heavy atom. The first kappa shape index (κ1) is 15.8. The van der Waals surface area contributed by atoms with Crippen LogP contribution >= 0.6 is 0 Å². The van der Waals surface area contributed by atoms with Crippen LogP contribution in [0.5, 0.6) is 11.5 Å². The van der Waals surface area contributed by atoms with E-state index in [1.54, 1.807) is 13.2 Å². The highest BCUT2D eigenvalue weighted by atomic mass is 16.6. The molecule has 1 aliphatic rings. The average Bonchev–Trinajstić information content (AvgIpc) is 2.97. The highest BCUT2D eigenvalue weighted by Gasteiger charge is 2.24. The molecule has 0 amide bonds. The number of hydrogen-bond acceptors (Lipinski definition) is 5. The molecule has 0 atom stereocenters. The van der Waals surface area contributed by atoms with E-state index in [1.165, 1.54) is 0 Å². The van der Waals surface area contributed by atoms with Crippen molar-refractivity contribution in [2.45, 2.75) is 6.92 Å². The molecule has 1 heterocycles. The molecule has 5 nitrogen and oxygen atoms in total. The van der Waals surface area contributed by atoms with Gasteiger partial charge in [-0.2, -0.15) is 0 Å². The van der Waals surface area contributed by atoms with Crippen LogP contribution in [0.15, 0.2) is 59.2 Å². The summed E-state index contributed by atoms with van der Waals surface area (Å²) in [6.07, 6.45) is 1.64. The Balaban J connectivity index is 1.98. The van der Waals surface area contributed by atoms with E-state index >= 15 is 0 Å². The summed E-state index contributed by atoms with van der Waals surface area (Å²) in [7, 11) is 1.56. The summed E-state index contributed by atoms with van der Waals surface area (Å²) < 4.78 is 16.2. The Morgan fingerprint density at radius 2 is 1.92 bits per heavy atom. The van der Waals surface area contributed by atoms with Gasteiger partial charge in [-0.1, -0.05) is 30.3 Å². The number of ether oxygens (including phenoxy) is 3. The molecule has 0 bridgehead atoms. The third-order valence-electron chi connectivity index (χ3n) is 3.45. The molecule has 0 fully saturated rings. The van der Waals surface area contributed by atoms with E-state index in [1.807, 2.05) is 55.5 Å². The molecule has 2 aromatic rings. The van der Waals surface area contributed by atoms with Crippen molar-refractivity contribution in [3.8, 4) is 11.5 Å². The molecule has 24 heavy (non-hydrogen) atoms. The maximum Gasteiger partial charge on any atom is 0.363 e. The maximum absolute atomic E-state index is 12.1. The van der Waals surface area contributed by atoms with Crippen LogP contribution in [-0.2, 0) is 9.53 Å². The van der Waals surface area contributed by atoms with E-state index in [-0.39, 0.29) is 5.70 Å². The molecule has 0 spiro atoms. The SMILES string of the molecule is CCOc1cccc(C=C2N=C(c3ccccc3)OC2=O)c1OC. The first-order valence-electron chi connectivity index (χ1n) is 7.60. The Kier molecular flexibility index (Phi) is 4.61. The van der Waals surface area contributed by atoms with Crippen molar-refractivity contribution in [3.63, 3.8) is 0 Å². The van der Waals surface area contributed by atoms with Crippen molar-refractivity contribution in [2.24, 2.45) is 4.99 Å². The second-order valence-corrected chi connectivity index (χ2v) is 5.01. The number of cyclic esters (lactones) is 1. The molecule has 3 rings (SSSR count). The second kappa shape index (κ2) is 7.00. The number of nitrogens with zero attached hydrogens (tertiary/aromatic N) is 1. The molecule has 0 aliphatic carbocycles. The molecule has 1 aliphatic heterocycles. The molecule has 5 heteroatoms. The topological polar surface area (TPSA) is 57.1 Å². The van der Waals surface area contributed by atoms with E-state index < -0.39 is 5.97 Å². The number of rotatable bonds is 5. The molecule has 0 N–H and O–H groups in total. The summed E-state index contributed by atoms with van der Waals surface area (Å²) in [4.78, 5) is 16.4. The van der Waals surface area contributed by atoms with Crippen LogP contribution in [0, 0.1) is 0 Å². The quantitative estimate of drug-likeness (QED) is 0.625. The monoisotopic (exact) mass is 323 g/mol. The number of carbonyl (C=O) groups excluding carboxylic acids is 1. The Bertz CT molecular complexity index is 809. The number of aliphatic imine (C=N–C) groups is 1. The van der Waals surface area contributed by atoms with Gasteiger partial charge in [-0.25, -0.2) is 9.79 Å². The predicted octanol–water partition coefficient (Wildman–Crippen LogP) is 3.44. The zero-order valence-corrected chi connectivity index (χ0v) is 13.5. The van der Waals surface area contributed by atoms with Crippen LogP contribution in [0.25, 0.3) is 6.08 Å². The minimum atomic E-state index is -0.488. The minimum Gasteiger partial charge on any atom is -0.492 e. The van der Waals surface area contributed by atoms with Crippen LogP contribution in [0.2, 0.25) is 0 Å². The van der Waals surface area contributed by atoms with Gasteiger partial charge < -0.3 is 14.2 Å². The third-order valence-corrected chi connectivity index (χ3v) is 3.45. The van der Waals surface area contributed by atoms with Crippen LogP contribution in [0.1, 0.15) is 18.1 Å². The van der Waals surface area contributed by atoms with Gasteiger partial charge in [-0.15, -0.1) is 0 Å². The number of para-hydroxylation sites is 1.